The summed E-state index contributed by atoms with van der Waals surface area (Å²) in [6.07, 6.45) is 6.30. The third-order valence-electron chi connectivity index (χ3n) is 7.34. The first kappa shape index (κ1) is 21.3. The smallest absolute Gasteiger partial charge is 0.225 e. The van der Waals surface area contributed by atoms with Gasteiger partial charge in [-0.05, 0) is 25.3 Å². The van der Waals surface area contributed by atoms with Crippen LogP contribution in [-0.4, -0.2) is 66.5 Å². The number of nitrogens with zero attached hydrogens (tertiary/aromatic N) is 2. The van der Waals surface area contributed by atoms with Crippen molar-refractivity contribution < 1.29 is 14.3 Å². The van der Waals surface area contributed by atoms with Crippen LogP contribution >= 0.6 is 0 Å². The number of ether oxygens (including phenoxy) is 1. The van der Waals surface area contributed by atoms with E-state index in [1.54, 1.807) is 0 Å². The molecule has 3 fully saturated rings. The van der Waals surface area contributed by atoms with Gasteiger partial charge in [-0.15, -0.1) is 0 Å². The molecular formula is C24H35N3O3. The first-order chi connectivity index (χ1) is 14.6. The van der Waals surface area contributed by atoms with Crippen LogP contribution in [0, 0.1) is 5.92 Å². The van der Waals surface area contributed by atoms with Gasteiger partial charge in [-0.1, -0.05) is 49.6 Å². The lowest BCUT2D eigenvalue weighted by Gasteiger charge is -2.48. The SMILES string of the molecule is C[C@H](c1ccccc1)N1C[C@@H](C(=O)NCC2(N3CCOCC3)CCCCC2)CC1=O. The third kappa shape index (κ3) is 4.54. The summed E-state index contributed by atoms with van der Waals surface area (Å²) in [5, 5.41) is 3.25. The topological polar surface area (TPSA) is 61.9 Å². The lowest BCUT2D eigenvalue weighted by atomic mass is 9.79. The summed E-state index contributed by atoms with van der Waals surface area (Å²) < 4.78 is 5.55. The lowest BCUT2D eigenvalue weighted by molar-refractivity contribution is -0.130. The fraction of sp³-hybridized carbons (Fsp3) is 0.667. The van der Waals surface area contributed by atoms with E-state index in [4.69, 9.17) is 4.74 Å². The molecule has 0 radical (unpaired) electrons. The molecule has 30 heavy (non-hydrogen) atoms. The van der Waals surface area contributed by atoms with E-state index in [0.717, 1.165) is 44.7 Å². The van der Waals surface area contributed by atoms with Crippen molar-refractivity contribution in [1.29, 1.82) is 0 Å². The molecule has 2 aliphatic heterocycles. The van der Waals surface area contributed by atoms with Crippen LogP contribution in [0.15, 0.2) is 30.3 Å². The van der Waals surface area contributed by atoms with Crippen LogP contribution in [-0.2, 0) is 14.3 Å². The monoisotopic (exact) mass is 413 g/mol. The van der Waals surface area contributed by atoms with Gasteiger partial charge in [-0.25, -0.2) is 0 Å². The fourth-order valence-electron chi connectivity index (χ4n) is 5.44. The summed E-state index contributed by atoms with van der Waals surface area (Å²) >= 11 is 0. The number of likely N-dealkylation sites (tertiary alicyclic amines) is 1. The zero-order chi connectivity index (χ0) is 21.0. The van der Waals surface area contributed by atoms with Crippen LogP contribution in [0.5, 0.6) is 0 Å². The first-order valence-electron chi connectivity index (χ1n) is 11.5. The van der Waals surface area contributed by atoms with Crippen molar-refractivity contribution in [3.05, 3.63) is 35.9 Å². The predicted octanol–water partition coefficient (Wildman–Crippen LogP) is 2.75. The number of nitrogens with one attached hydrogen (secondary N) is 1. The Morgan fingerprint density at radius 2 is 1.87 bits per heavy atom. The van der Waals surface area contributed by atoms with Crippen LogP contribution in [0.25, 0.3) is 0 Å². The molecule has 1 aromatic carbocycles. The van der Waals surface area contributed by atoms with E-state index in [-0.39, 0.29) is 29.3 Å². The third-order valence-corrected chi connectivity index (χ3v) is 7.34. The molecule has 0 aromatic heterocycles. The zero-order valence-corrected chi connectivity index (χ0v) is 18.1. The van der Waals surface area contributed by atoms with E-state index >= 15 is 0 Å². The molecule has 1 aromatic rings. The number of morpholine rings is 1. The normalized spacial score (nSPS) is 25.8. The Morgan fingerprint density at radius 3 is 2.57 bits per heavy atom. The van der Waals surface area contributed by atoms with Crippen molar-refractivity contribution in [2.24, 2.45) is 5.92 Å². The summed E-state index contributed by atoms with van der Waals surface area (Å²) in [5.41, 5.74) is 1.16. The molecule has 2 atom stereocenters. The standard InChI is InChI=1S/C24H35N3O3/c1-19(20-8-4-2-5-9-20)27-17-21(16-22(27)28)23(29)25-18-24(10-6-3-7-11-24)26-12-14-30-15-13-26/h2,4-5,8-9,19,21H,3,6-7,10-18H2,1H3,(H,25,29)/t19-,21+/m1/s1. The molecule has 0 bridgehead atoms. The number of carbonyl (C=O) groups excluding carboxylic acids is 2. The van der Waals surface area contributed by atoms with Gasteiger partial charge in [-0.3, -0.25) is 14.5 Å². The second kappa shape index (κ2) is 9.48. The van der Waals surface area contributed by atoms with Crippen molar-refractivity contribution in [3.63, 3.8) is 0 Å². The summed E-state index contributed by atoms with van der Waals surface area (Å²) in [5.74, 6) is -0.148. The van der Waals surface area contributed by atoms with Crippen molar-refractivity contribution in [2.75, 3.05) is 39.4 Å². The van der Waals surface area contributed by atoms with Gasteiger partial charge >= 0.3 is 0 Å². The second-order valence-electron chi connectivity index (χ2n) is 9.14. The van der Waals surface area contributed by atoms with Gasteiger partial charge in [0.05, 0.1) is 25.2 Å². The largest absolute Gasteiger partial charge is 0.379 e. The summed E-state index contributed by atoms with van der Waals surface area (Å²) in [4.78, 5) is 30.1. The molecule has 4 rings (SSSR count). The molecule has 1 saturated carbocycles. The van der Waals surface area contributed by atoms with Crippen molar-refractivity contribution in [3.8, 4) is 0 Å². The highest BCUT2D eigenvalue weighted by Crippen LogP contribution is 2.34. The van der Waals surface area contributed by atoms with E-state index in [9.17, 15) is 9.59 Å². The molecule has 6 heteroatoms. The number of carbonyl (C=O) groups is 2. The Hall–Kier alpha value is -1.92. The molecule has 1 N–H and O–H groups in total. The molecule has 2 saturated heterocycles. The predicted molar refractivity (Wildman–Crippen MR) is 116 cm³/mol. The molecule has 6 nitrogen and oxygen atoms in total. The van der Waals surface area contributed by atoms with Gasteiger partial charge in [0.2, 0.25) is 11.8 Å². The maximum atomic E-state index is 13.0. The Kier molecular flexibility index (Phi) is 6.74. The number of amides is 2. The Balaban J connectivity index is 1.37. The van der Waals surface area contributed by atoms with E-state index in [1.807, 2.05) is 42.2 Å². The molecule has 0 spiro atoms. The lowest BCUT2D eigenvalue weighted by Crippen LogP contribution is -2.60. The van der Waals surface area contributed by atoms with E-state index in [0.29, 0.717) is 19.5 Å². The molecule has 2 amide bonds. The highest BCUT2D eigenvalue weighted by Gasteiger charge is 2.41. The number of rotatable bonds is 6. The average Bonchev–Trinajstić information content (AvgIpc) is 3.20. The highest BCUT2D eigenvalue weighted by atomic mass is 16.5. The van der Waals surface area contributed by atoms with Crippen LogP contribution in [0.2, 0.25) is 0 Å². The first-order valence-corrected chi connectivity index (χ1v) is 11.5. The molecular weight excluding hydrogens is 378 g/mol. The van der Waals surface area contributed by atoms with Gasteiger partial charge in [0.15, 0.2) is 0 Å². The molecule has 1 aliphatic carbocycles. The van der Waals surface area contributed by atoms with E-state index in [2.05, 4.69) is 10.2 Å². The highest BCUT2D eigenvalue weighted by molar-refractivity contribution is 5.89. The van der Waals surface area contributed by atoms with Gasteiger partial charge in [-0.2, -0.15) is 0 Å². The Labute approximate surface area is 179 Å². The van der Waals surface area contributed by atoms with Crippen molar-refractivity contribution in [2.45, 2.75) is 57.0 Å². The minimum Gasteiger partial charge on any atom is -0.379 e. The van der Waals surface area contributed by atoms with Crippen LogP contribution < -0.4 is 5.32 Å². The van der Waals surface area contributed by atoms with Crippen LogP contribution in [0.3, 0.4) is 0 Å². The van der Waals surface area contributed by atoms with Crippen molar-refractivity contribution >= 4 is 11.8 Å². The maximum Gasteiger partial charge on any atom is 0.225 e. The van der Waals surface area contributed by atoms with Crippen molar-refractivity contribution in [1.82, 2.24) is 15.1 Å². The fourth-order valence-corrected chi connectivity index (χ4v) is 5.44. The molecule has 3 aliphatic rings. The Bertz CT molecular complexity index is 726. The average molecular weight is 414 g/mol. The Morgan fingerprint density at radius 1 is 1.17 bits per heavy atom. The maximum absolute atomic E-state index is 13.0. The van der Waals surface area contributed by atoms with Crippen LogP contribution in [0.1, 0.15) is 57.1 Å². The summed E-state index contributed by atoms with van der Waals surface area (Å²) in [6, 6.07) is 10.0. The van der Waals surface area contributed by atoms with Crippen LogP contribution in [0.4, 0.5) is 0 Å². The molecule has 0 unspecified atom stereocenters. The quantitative estimate of drug-likeness (QED) is 0.779. The van der Waals surface area contributed by atoms with Gasteiger partial charge in [0.1, 0.15) is 0 Å². The molecule has 2 heterocycles. The number of benzene rings is 1. The number of hydrogen-bond donors (Lipinski definition) is 1. The minimum atomic E-state index is -0.256. The zero-order valence-electron chi connectivity index (χ0n) is 18.1. The van der Waals surface area contributed by atoms with E-state index < -0.39 is 0 Å². The summed E-state index contributed by atoms with van der Waals surface area (Å²) in [7, 11) is 0. The molecule has 164 valence electrons. The van der Waals surface area contributed by atoms with Gasteiger partial charge in [0.25, 0.3) is 0 Å². The summed E-state index contributed by atoms with van der Waals surface area (Å²) in [6.45, 7) is 6.68. The number of hydrogen-bond acceptors (Lipinski definition) is 4. The second-order valence-corrected chi connectivity index (χ2v) is 9.14. The minimum absolute atomic E-state index is 0.00506. The van der Waals surface area contributed by atoms with E-state index in [1.165, 1.54) is 19.3 Å². The van der Waals surface area contributed by atoms with Gasteiger partial charge in [0, 0.05) is 38.1 Å². The van der Waals surface area contributed by atoms with Gasteiger partial charge < -0.3 is 15.0 Å².